The van der Waals surface area contributed by atoms with Crippen LogP contribution in [0.3, 0.4) is 0 Å². The van der Waals surface area contributed by atoms with Gasteiger partial charge in [-0.2, -0.15) is 5.21 Å². The van der Waals surface area contributed by atoms with Gasteiger partial charge in [-0.25, -0.2) is 9.36 Å². The number of aromatic amines is 1. The molecule has 3 heterocycles. The summed E-state index contributed by atoms with van der Waals surface area (Å²) in [5.74, 6) is -0.423. The molecule has 0 saturated heterocycles. The number of aromatic hydroxyl groups is 1. The number of nitrogens with one attached hydrogen (secondary N) is 2. The van der Waals surface area contributed by atoms with Crippen molar-refractivity contribution in [1.82, 2.24) is 25.2 Å². The fraction of sp³-hybridized carbons (Fsp3) is 0. The minimum Gasteiger partial charge on any atom is -0.494 e. The number of anilines is 1. The Morgan fingerprint density at radius 1 is 1.12 bits per heavy atom. The van der Waals surface area contributed by atoms with Crippen molar-refractivity contribution >= 4 is 51.3 Å². The zero-order valence-electron chi connectivity index (χ0n) is 16.1. The number of nitrogens with zero attached hydrogens (tertiary/aromatic N) is 4. The Labute approximate surface area is 189 Å². The molecule has 0 spiro atoms. The molecule has 0 radical (unpaired) electrons. The monoisotopic (exact) mass is 464 g/mol. The molecule has 5 aromatic rings. The topological polar surface area (TPSA) is 126 Å². The molecule has 2 aromatic carbocycles. The van der Waals surface area contributed by atoms with Crippen LogP contribution >= 0.6 is 22.9 Å². The van der Waals surface area contributed by atoms with Gasteiger partial charge in [0.05, 0.1) is 16.0 Å². The van der Waals surface area contributed by atoms with E-state index in [4.69, 9.17) is 11.6 Å². The second kappa shape index (κ2) is 7.91. The van der Waals surface area contributed by atoms with Gasteiger partial charge in [0.25, 0.3) is 0 Å². The number of hydrogen-bond acceptors (Lipinski definition) is 7. The van der Waals surface area contributed by atoms with E-state index in [0.29, 0.717) is 37.9 Å². The number of H-pyrrole nitrogens is 1. The van der Waals surface area contributed by atoms with E-state index in [-0.39, 0.29) is 11.3 Å². The van der Waals surface area contributed by atoms with Gasteiger partial charge in [0.2, 0.25) is 17.5 Å². The van der Waals surface area contributed by atoms with E-state index in [1.807, 2.05) is 0 Å². The average Bonchev–Trinajstić information content (AvgIpc) is 3.54. The number of ketones is 1. The summed E-state index contributed by atoms with van der Waals surface area (Å²) in [6.07, 6.45) is 0. The molecule has 5 rings (SSSR count). The molecule has 0 fully saturated rings. The number of carbonyl (C=O) groups excluding carboxylic acids is 2. The van der Waals surface area contributed by atoms with E-state index in [2.05, 4.69) is 25.9 Å². The Morgan fingerprint density at radius 2 is 1.94 bits per heavy atom. The second-order valence-electron chi connectivity index (χ2n) is 6.74. The molecule has 0 aliphatic rings. The largest absolute Gasteiger partial charge is 0.494 e. The van der Waals surface area contributed by atoms with Crippen LogP contribution < -0.4 is 5.32 Å². The van der Waals surface area contributed by atoms with Crippen LogP contribution in [0.2, 0.25) is 5.02 Å². The fourth-order valence-corrected chi connectivity index (χ4v) is 4.22. The number of thiophene rings is 1. The summed E-state index contributed by atoms with van der Waals surface area (Å²) in [7, 11) is 0. The third-order valence-electron chi connectivity index (χ3n) is 4.82. The van der Waals surface area contributed by atoms with Crippen molar-refractivity contribution < 1.29 is 14.7 Å². The first-order valence-corrected chi connectivity index (χ1v) is 10.5. The van der Waals surface area contributed by atoms with Gasteiger partial charge in [-0.05, 0) is 59.1 Å². The van der Waals surface area contributed by atoms with Crippen LogP contribution in [0, 0.1) is 0 Å². The number of halogens is 1. The van der Waals surface area contributed by atoms with Gasteiger partial charge in [0.15, 0.2) is 0 Å². The summed E-state index contributed by atoms with van der Waals surface area (Å²) in [5.41, 5.74) is 1.56. The molecular formula is C21H13ClN6O3S. The maximum atomic E-state index is 13.1. The van der Waals surface area contributed by atoms with E-state index in [1.54, 1.807) is 60.0 Å². The number of amides is 1. The zero-order valence-corrected chi connectivity index (χ0v) is 17.7. The average molecular weight is 465 g/mol. The number of tetrazole rings is 1. The van der Waals surface area contributed by atoms with Gasteiger partial charge in [0, 0.05) is 21.7 Å². The van der Waals surface area contributed by atoms with Gasteiger partial charge < -0.3 is 10.4 Å². The second-order valence-corrected chi connectivity index (χ2v) is 8.13. The first-order chi connectivity index (χ1) is 15.5. The third-order valence-corrected chi connectivity index (χ3v) is 5.92. The Kier molecular flexibility index (Phi) is 4.92. The van der Waals surface area contributed by atoms with Crippen molar-refractivity contribution in [3.05, 3.63) is 75.4 Å². The molecule has 0 bridgehead atoms. The van der Waals surface area contributed by atoms with Crippen molar-refractivity contribution in [3.8, 4) is 17.3 Å². The van der Waals surface area contributed by atoms with Crippen LogP contribution in [0.25, 0.3) is 22.3 Å². The Hall–Kier alpha value is -4.02. The number of hydrogen-bond donors (Lipinski definition) is 3. The lowest BCUT2D eigenvalue weighted by Gasteiger charge is -2.09. The van der Waals surface area contributed by atoms with Crippen molar-refractivity contribution in [2.45, 2.75) is 0 Å². The Bertz CT molecular complexity index is 1440. The number of aromatic nitrogens is 5. The predicted molar refractivity (Wildman–Crippen MR) is 120 cm³/mol. The Balaban J connectivity index is 1.53. The van der Waals surface area contributed by atoms with Gasteiger partial charge in [-0.15, -0.1) is 21.5 Å². The van der Waals surface area contributed by atoms with Crippen molar-refractivity contribution in [2.24, 2.45) is 0 Å². The number of rotatable bonds is 4. The summed E-state index contributed by atoms with van der Waals surface area (Å²) < 4.78 is 1.06. The first-order valence-electron chi connectivity index (χ1n) is 9.29. The van der Waals surface area contributed by atoms with E-state index in [0.717, 1.165) is 4.57 Å². The van der Waals surface area contributed by atoms with E-state index in [1.165, 1.54) is 11.3 Å². The first kappa shape index (κ1) is 19.9. The number of carbonyl (C=O) groups is 2. The van der Waals surface area contributed by atoms with Crippen LogP contribution in [0.15, 0.2) is 60.0 Å². The maximum Gasteiger partial charge on any atom is 0.333 e. The highest BCUT2D eigenvalue weighted by atomic mass is 35.5. The molecule has 9 nitrogen and oxygen atoms in total. The summed E-state index contributed by atoms with van der Waals surface area (Å²) in [6, 6.07) is 14.3. The van der Waals surface area contributed by atoms with E-state index < -0.39 is 11.9 Å². The highest BCUT2D eigenvalue weighted by Gasteiger charge is 2.27. The molecule has 3 aromatic heterocycles. The summed E-state index contributed by atoms with van der Waals surface area (Å²) >= 11 is 7.38. The van der Waals surface area contributed by atoms with Crippen molar-refractivity contribution in [1.29, 1.82) is 0 Å². The van der Waals surface area contributed by atoms with Gasteiger partial charge >= 0.3 is 6.03 Å². The quantitative estimate of drug-likeness (QED) is 0.335. The molecule has 158 valence electrons. The molecule has 0 saturated carbocycles. The fourth-order valence-electron chi connectivity index (χ4n) is 3.38. The van der Waals surface area contributed by atoms with E-state index >= 15 is 0 Å². The molecule has 0 aliphatic heterocycles. The molecular weight excluding hydrogens is 452 g/mol. The minimum absolute atomic E-state index is 0.0209. The Morgan fingerprint density at radius 3 is 2.62 bits per heavy atom. The normalized spacial score (nSPS) is 11.0. The van der Waals surface area contributed by atoms with Gasteiger partial charge in [0.1, 0.15) is 0 Å². The number of benzene rings is 2. The minimum atomic E-state index is -0.632. The van der Waals surface area contributed by atoms with Crippen LogP contribution in [0.5, 0.6) is 5.88 Å². The highest BCUT2D eigenvalue weighted by molar-refractivity contribution is 7.12. The standard InChI is InChI=1S/C21H13ClN6O3S/c22-12-5-8-15-14(10-12)17(18(29)16-2-1-9-32-16)20(30)28(15)21(31)23-13-6-3-11(4-7-13)19-24-26-27-25-19/h1-10,30H,(H,23,31)(H,24,25,26,27). The van der Waals surface area contributed by atoms with Crippen LogP contribution in [-0.4, -0.2) is 42.1 Å². The lowest BCUT2D eigenvalue weighted by atomic mass is 10.1. The zero-order chi connectivity index (χ0) is 22.2. The third kappa shape index (κ3) is 3.41. The van der Waals surface area contributed by atoms with E-state index in [9.17, 15) is 14.7 Å². The number of fused-ring (bicyclic) bond motifs is 1. The molecule has 1 amide bonds. The molecule has 0 unspecified atom stereocenters. The lowest BCUT2D eigenvalue weighted by Crippen LogP contribution is -2.19. The summed E-state index contributed by atoms with van der Waals surface area (Å²) in [6.45, 7) is 0. The van der Waals surface area contributed by atoms with Crippen LogP contribution in [-0.2, 0) is 0 Å². The smallest absolute Gasteiger partial charge is 0.333 e. The van der Waals surface area contributed by atoms with Gasteiger partial charge in [-0.3, -0.25) is 4.79 Å². The lowest BCUT2D eigenvalue weighted by molar-refractivity contribution is 0.104. The maximum absolute atomic E-state index is 13.1. The SMILES string of the molecule is O=C(c1cccs1)c1c(O)n(C(=O)Nc2ccc(-c3nn[nH]n3)cc2)c2ccc(Cl)cc12. The molecule has 11 heteroatoms. The molecule has 0 aliphatic carbocycles. The summed E-state index contributed by atoms with van der Waals surface area (Å²) in [4.78, 5) is 26.6. The van der Waals surface area contributed by atoms with Crippen molar-refractivity contribution in [2.75, 3.05) is 5.32 Å². The van der Waals surface area contributed by atoms with Crippen molar-refractivity contribution in [3.63, 3.8) is 0 Å². The predicted octanol–water partition coefficient (Wildman–Crippen LogP) is 4.55. The van der Waals surface area contributed by atoms with Gasteiger partial charge in [-0.1, -0.05) is 17.7 Å². The highest BCUT2D eigenvalue weighted by Crippen LogP contribution is 2.35. The molecule has 32 heavy (non-hydrogen) atoms. The van der Waals surface area contributed by atoms with Crippen LogP contribution in [0.4, 0.5) is 10.5 Å². The van der Waals surface area contributed by atoms with Crippen LogP contribution in [0.1, 0.15) is 15.2 Å². The molecule has 0 atom stereocenters. The summed E-state index contributed by atoms with van der Waals surface area (Å²) in [5, 5.41) is 29.9. The molecule has 3 N–H and O–H groups in total.